The Morgan fingerprint density at radius 3 is 2.49 bits per heavy atom. The van der Waals surface area contributed by atoms with Crippen LogP contribution >= 0.6 is 23.3 Å². The van der Waals surface area contributed by atoms with Crippen LogP contribution in [0.1, 0.15) is 46.0 Å². The maximum absolute atomic E-state index is 13.7. The highest BCUT2D eigenvalue weighted by atomic mass is 32.2. The highest BCUT2D eigenvalue weighted by Gasteiger charge is 2.55. The van der Waals surface area contributed by atoms with E-state index in [0.29, 0.717) is 28.4 Å². The lowest BCUT2D eigenvalue weighted by atomic mass is 10.0. The number of anilines is 2. The molecule has 0 bridgehead atoms. The summed E-state index contributed by atoms with van der Waals surface area (Å²) in [6, 6.07) is 11.0. The number of oxime groups is 1. The first kappa shape index (κ1) is 40.4. The number of nitrogens with one attached hydrogen (secondary N) is 2. The van der Waals surface area contributed by atoms with Crippen LogP contribution < -0.4 is 25.7 Å². The van der Waals surface area contributed by atoms with E-state index in [1.807, 2.05) is 0 Å². The summed E-state index contributed by atoms with van der Waals surface area (Å²) in [6.07, 6.45) is 2.80. The zero-order valence-corrected chi connectivity index (χ0v) is 33.3. The second kappa shape index (κ2) is 16.1. The molecule has 0 spiro atoms. The number of hydrogen-bond acceptors (Lipinski definition) is 15. The van der Waals surface area contributed by atoms with Crippen LogP contribution in [0, 0.1) is 0 Å². The molecule has 6 rings (SSSR count). The number of rotatable bonds is 13. The van der Waals surface area contributed by atoms with E-state index < -0.39 is 58.2 Å². The maximum Gasteiger partial charge on any atom is 0.414 e. The number of imidazole rings is 1. The Hall–Kier alpha value is -6.22. The summed E-state index contributed by atoms with van der Waals surface area (Å²) < 4.78 is 23.5. The normalized spacial score (nSPS) is 17.1. The van der Waals surface area contributed by atoms with Crippen molar-refractivity contribution in [1.29, 1.82) is 0 Å². The molecule has 0 saturated carbocycles. The molecule has 57 heavy (non-hydrogen) atoms. The van der Waals surface area contributed by atoms with Crippen molar-refractivity contribution in [3.8, 4) is 5.75 Å². The number of hydrogen-bond donors (Lipinski definition) is 4. The number of pyridine rings is 1. The van der Waals surface area contributed by atoms with Crippen LogP contribution in [-0.2, 0) is 46.6 Å². The third kappa shape index (κ3) is 8.93. The lowest BCUT2D eigenvalue weighted by Gasteiger charge is -2.49. The van der Waals surface area contributed by atoms with E-state index >= 15 is 0 Å². The van der Waals surface area contributed by atoms with Crippen LogP contribution in [0.25, 0.3) is 5.65 Å². The van der Waals surface area contributed by atoms with Crippen molar-refractivity contribution in [2.45, 2.75) is 70.4 Å². The van der Waals surface area contributed by atoms with Gasteiger partial charge in [0.15, 0.2) is 5.13 Å². The predicted molar refractivity (Wildman–Crippen MR) is 206 cm³/mol. The Morgan fingerprint density at radius 1 is 1.11 bits per heavy atom. The topological polar surface area (TPSA) is 242 Å². The van der Waals surface area contributed by atoms with Gasteiger partial charge in [0.2, 0.25) is 23.0 Å². The summed E-state index contributed by atoms with van der Waals surface area (Å²) >= 11 is 2.05. The number of esters is 1. The molecule has 4 aromatic rings. The molecule has 300 valence electrons. The van der Waals surface area contributed by atoms with Crippen molar-refractivity contribution in [3.63, 3.8) is 0 Å². The number of methoxy groups -OCH3 is 1. The van der Waals surface area contributed by atoms with Crippen molar-refractivity contribution < 1.29 is 52.7 Å². The molecule has 2 aliphatic heterocycles. The van der Waals surface area contributed by atoms with Gasteiger partial charge in [0.05, 0.1) is 7.11 Å². The van der Waals surface area contributed by atoms with Gasteiger partial charge >= 0.3 is 18.0 Å². The van der Waals surface area contributed by atoms with Crippen LogP contribution in [0.3, 0.4) is 0 Å². The first-order valence-corrected chi connectivity index (χ1v) is 19.1. The molecule has 0 radical (unpaired) electrons. The van der Waals surface area contributed by atoms with Gasteiger partial charge in [0.25, 0.3) is 17.5 Å². The third-order valence-electron chi connectivity index (χ3n) is 8.48. The van der Waals surface area contributed by atoms with E-state index in [-0.39, 0.29) is 35.6 Å². The molecule has 3 aromatic heterocycles. The van der Waals surface area contributed by atoms with E-state index in [1.165, 1.54) is 32.7 Å². The predicted octanol–water partition coefficient (Wildman–Crippen LogP) is 2.70. The largest absolute Gasteiger partial charge is 0.497 e. The maximum atomic E-state index is 13.7. The molecule has 19 nitrogen and oxygen atoms in total. The number of nitrogens with zero attached hydrogens (tertiary/aromatic N) is 6. The number of carbonyl (C=O) groups is 5. The molecule has 5 N–H and O–H groups in total. The third-order valence-corrected chi connectivity index (χ3v) is 10.4. The van der Waals surface area contributed by atoms with Gasteiger partial charge in [0, 0.05) is 35.0 Å². The number of β-lactam (4-membered cyclic amide) rings is 1. The summed E-state index contributed by atoms with van der Waals surface area (Å²) in [6.45, 7) is 8.09. The number of aromatic nitrogens is 4. The molecular formula is C36H40N9O10S2+. The lowest BCUT2D eigenvalue weighted by molar-refractivity contribution is -0.662. The Kier molecular flexibility index (Phi) is 11.4. The van der Waals surface area contributed by atoms with Gasteiger partial charge in [-0.15, -0.1) is 11.8 Å². The van der Waals surface area contributed by atoms with Crippen LogP contribution in [-0.4, -0.2) is 94.8 Å². The summed E-state index contributed by atoms with van der Waals surface area (Å²) in [5, 5.41) is 18.8. The summed E-state index contributed by atoms with van der Waals surface area (Å²) in [7, 11) is 1.54. The summed E-state index contributed by atoms with van der Waals surface area (Å²) in [5.74, 6) is -2.63. The molecule has 0 aliphatic carbocycles. The molecule has 5 heterocycles. The number of carboxylic acid groups (broad SMARTS) is 1. The number of fused-ring (bicyclic) bond motifs is 2. The average molecular weight is 823 g/mol. The van der Waals surface area contributed by atoms with Crippen LogP contribution in [0.15, 0.2) is 71.3 Å². The standard InChI is InChI=1S/C36H39N9O10S2/c1-35(2,3)54-34(51)38-22-8-7-9-23-43(14-15-44(22)23)16-20-18-56-30-25(29(47)45(30)26(20)31(48)49)39-28(46)24(27-40-33(37)57-42-27)41-55-36(4,5)32(50)53-17-19-10-12-21(52-6)13-11-19/h7-15,25,30H,16-18H2,1-6H3,(H4,37,39,40,42,46,48,49)/p+1/b41-24-/t25-,30-/m1/s1. The molecule has 21 heteroatoms. The number of carboxylic acids is 1. The first-order valence-electron chi connectivity index (χ1n) is 17.3. The van der Waals surface area contributed by atoms with Gasteiger partial charge in [-0.2, -0.15) is 13.8 Å². The number of ether oxygens (including phenoxy) is 3. The number of carbonyl (C=O) groups excluding carboxylic acids is 4. The number of aliphatic carboxylic acids is 1. The van der Waals surface area contributed by atoms with Crippen LogP contribution in [0.4, 0.5) is 15.7 Å². The summed E-state index contributed by atoms with van der Waals surface area (Å²) in [5.41, 5.74) is 4.49. The summed E-state index contributed by atoms with van der Waals surface area (Å²) in [4.78, 5) is 76.1. The molecular weight excluding hydrogens is 783 g/mol. The second-order valence-corrected chi connectivity index (χ2v) is 16.1. The zero-order chi connectivity index (χ0) is 41.2. The Balaban J connectivity index is 1.16. The van der Waals surface area contributed by atoms with E-state index in [2.05, 4.69) is 25.1 Å². The fraction of sp³-hybridized carbons (Fsp3) is 0.361. The fourth-order valence-electron chi connectivity index (χ4n) is 5.74. The molecule has 1 fully saturated rings. The number of nitrogen functional groups attached to an aromatic ring is 1. The van der Waals surface area contributed by atoms with E-state index in [0.717, 1.165) is 16.4 Å². The minimum absolute atomic E-state index is 0.0190. The molecule has 1 saturated heterocycles. The van der Waals surface area contributed by atoms with Crippen molar-refractivity contribution in [2.75, 3.05) is 23.9 Å². The van der Waals surface area contributed by atoms with Gasteiger partial charge in [-0.25, -0.2) is 19.0 Å². The average Bonchev–Trinajstić information content (AvgIpc) is 3.78. The zero-order valence-electron chi connectivity index (χ0n) is 31.7. The van der Waals surface area contributed by atoms with Crippen molar-refractivity contribution >= 4 is 75.4 Å². The van der Waals surface area contributed by atoms with Gasteiger partial charge in [0.1, 0.15) is 54.0 Å². The number of amides is 3. The Labute approximate surface area is 334 Å². The first-order chi connectivity index (χ1) is 27.0. The van der Waals surface area contributed by atoms with Crippen molar-refractivity contribution in [3.05, 3.63) is 77.5 Å². The molecule has 3 amide bonds. The Morgan fingerprint density at radius 2 is 1.84 bits per heavy atom. The van der Waals surface area contributed by atoms with Gasteiger partial charge < -0.3 is 35.2 Å². The van der Waals surface area contributed by atoms with Gasteiger partial charge in [-0.3, -0.25) is 19.8 Å². The monoisotopic (exact) mass is 822 g/mol. The minimum Gasteiger partial charge on any atom is -0.497 e. The van der Waals surface area contributed by atoms with Gasteiger partial charge in [-0.1, -0.05) is 17.3 Å². The van der Waals surface area contributed by atoms with Crippen LogP contribution in [0.5, 0.6) is 5.75 Å². The van der Waals surface area contributed by atoms with E-state index in [9.17, 15) is 29.1 Å². The van der Waals surface area contributed by atoms with Crippen LogP contribution in [0.2, 0.25) is 0 Å². The minimum atomic E-state index is -1.68. The molecule has 2 atom stereocenters. The van der Waals surface area contributed by atoms with E-state index in [4.69, 9.17) is 24.8 Å². The lowest BCUT2D eigenvalue weighted by Crippen LogP contribution is -2.71. The highest BCUT2D eigenvalue weighted by molar-refractivity contribution is 8.00. The fourth-order valence-corrected chi connectivity index (χ4v) is 7.51. The smallest absolute Gasteiger partial charge is 0.414 e. The SMILES string of the molecule is COc1ccc(COC(=O)C(C)(C)O/N=C(\C(=O)N[C@@H]2C(=O)N3C(C(=O)O)=C(C[n+]4ccn5c(NC(=O)OC(C)(C)C)cccc54)CS[C@H]23)c2nsc(N)n2)cc1. The van der Waals surface area contributed by atoms with Crippen molar-refractivity contribution in [2.24, 2.45) is 5.16 Å². The van der Waals surface area contributed by atoms with Gasteiger partial charge in [-0.05, 0) is 58.4 Å². The quantitative estimate of drug-likeness (QED) is 0.0499. The molecule has 0 unspecified atom stereocenters. The number of thioether (sulfide) groups is 1. The number of benzene rings is 1. The highest BCUT2D eigenvalue weighted by Crippen LogP contribution is 2.40. The molecule has 1 aromatic carbocycles. The van der Waals surface area contributed by atoms with E-state index in [1.54, 1.807) is 84.6 Å². The second-order valence-electron chi connectivity index (χ2n) is 14.2. The molecule has 2 aliphatic rings. The van der Waals surface area contributed by atoms with Crippen molar-refractivity contribution in [1.82, 2.24) is 24.0 Å². The number of nitrogens with two attached hydrogens (primary N) is 1. The Bertz CT molecular complexity index is 2300.